The minimum atomic E-state index is -0.497. The second kappa shape index (κ2) is 9.64. The number of carbonyl (C=O) groups is 2. The molecule has 0 bridgehead atoms. The molecule has 6 rings (SSSR count). The molecule has 6 nitrogen and oxygen atoms in total. The highest BCUT2D eigenvalue weighted by atomic mass is 16.5. The molecular formula is C30H35N3O3. The van der Waals surface area contributed by atoms with E-state index in [-0.39, 0.29) is 30.4 Å². The molecule has 2 fully saturated rings. The average molecular weight is 486 g/mol. The fourth-order valence-electron chi connectivity index (χ4n) is 6.66. The lowest BCUT2D eigenvalue weighted by atomic mass is 9.85. The third-order valence-corrected chi connectivity index (χ3v) is 8.32. The zero-order valence-electron chi connectivity index (χ0n) is 21.0. The van der Waals surface area contributed by atoms with Crippen LogP contribution in [-0.4, -0.2) is 51.8 Å². The van der Waals surface area contributed by atoms with Crippen LogP contribution < -0.4 is 4.74 Å². The van der Waals surface area contributed by atoms with Gasteiger partial charge in [0.1, 0.15) is 24.4 Å². The Balaban J connectivity index is 1.46. The summed E-state index contributed by atoms with van der Waals surface area (Å²) in [6.45, 7) is 2.68. The van der Waals surface area contributed by atoms with Crippen LogP contribution in [0.25, 0.3) is 10.9 Å². The Morgan fingerprint density at radius 3 is 2.47 bits per heavy atom. The van der Waals surface area contributed by atoms with E-state index in [1.807, 2.05) is 53.1 Å². The summed E-state index contributed by atoms with van der Waals surface area (Å²) in [7, 11) is 0. The minimum Gasteiger partial charge on any atom is -0.494 e. The molecule has 0 unspecified atom stereocenters. The summed E-state index contributed by atoms with van der Waals surface area (Å²) in [5, 5.41) is 1.13. The average Bonchev–Trinajstić information content (AvgIpc) is 3.24. The summed E-state index contributed by atoms with van der Waals surface area (Å²) >= 11 is 0. The van der Waals surface area contributed by atoms with Crippen LogP contribution in [0.15, 0.2) is 48.5 Å². The summed E-state index contributed by atoms with van der Waals surface area (Å²) in [4.78, 5) is 35.5. The summed E-state index contributed by atoms with van der Waals surface area (Å²) in [5.41, 5.74) is 4.11. The molecule has 1 saturated carbocycles. The molecule has 0 radical (unpaired) electrons. The van der Waals surface area contributed by atoms with E-state index in [0.717, 1.165) is 59.2 Å². The van der Waals surface area contributed by atoms with Crippen LogP contribution in [0.4, 0.5) is 0 Å². The van der Waals surface area contributed by atoms with E-state index in [1.54, 1.807) is 0 Å². The maximum absolute atomic E-state index is 14.1. The van der Waals surface area contributed by atoms with Gasteiger partial charge < -0.3 is 19.5 Å². The number of nitrogens with one attached hydrogen (secondary N) is 1. The van der Waals surface area contributed by atoms with Crippen molar-refractivity contribution < 1.29 is 14.3 Å². The zero-order valence-corrected chi connectivity index (χ0v) is 21.0. The van der Waals surface area contributed by atoms with E-state index in [4.69, 9.17) is 4.74 Å². The van der Waals surface area contributed by atoms with Gasteiger partial charge in [0.2, 0.25) is 11.8 Å². The Bertz CT molecular complexity index is 1270. The molecule has 1 aromatic heterocycles. The number of piperazine rings is 1. The summed E-state index contributed by atoms with van der Waals surface area (Å²) in [6, 6.07) is 15.5. The predicted octanol–water partition coefficient (Wildman–Crippen LogP) is 5.36. The first-order valence-electron chi connectivity index (χ1n) is 13.6. The second-order valence-electron chi connectivity index (χ2n) is 10.4. The molecule has 2 aromatic carbocycles. The van der Waals surface area contributed by atoms with Gasteiger partial charge >= 0.3 is 0 Å². The van der Waals surface area contributed by atoms with Crippen LogP contribution in [0.3, 0.4) is 0 Å². The van der Waals surface area contributed by atoms with Gasteiger partial charge in [0.15, 0.2) is 0 Å². The monoisotopic (exact) mass is 485 g/mol. The van der Waals surface area contributed by atoms with Gasteiger partial charge in [-0.3, -0.25) is 9.59 Å². The number of rotatable bonds is 4. The van der Waals surface area contributed by atoms with E-state index in [0.29, 0.717) is 13.0 Å². The van der Waals surface area contributed by atoms with Gasteiger partial charge in [-0.25, -0.2) is 0 Å². The number of amides is 2. The fourth-order valence-corrected chi connectivity index (χ4v) is 6.66. The Kier molecular flexibility index (Phi) is 6.20. The van der Waals surface area contributed by atoms with Crippen LogP contribution in [0.2, 0.25) is 0 Å². The number of nitrogens with zero attached hydrogens (tertiary/aromatic N) is 2. The van der Waals surface area contributed by atoms with Gasteiger partial charge in [0, 0.05) is 34.6 Å². The molecule has 1 aliphatic carbocycles. The quantitative estimate of drug-likeness (QED) is 0.541. The SMILES string of the molecule is CCOc1ccccc1[C@@H]1c2[nH]c3ccccc3c2C[C@H]2C(=O)N(C3CCCCCCC3)CC(=O)N12. The molecule has 2 atom stereocenters. The molecule has 0 spiro atoms. The highest BCUT2D eigenvalue weighted by Gasteiger charge is 2.49. The molecule has 2 amide bonds. The number of carbonyl (C=O) groups excluding carboxylic acids is 2. The number of H-pyrrole nitrogens is 1. The summed E-state index contributed by atoms with van der Waals surface area (Å²) in [5.74, 6) is 0.898. The largest absolute Gasteiger partial charge is 0.494 e. The second-order valence-corrected chi connectivity index (χ2v) is 10.4. The molecule has 188 valence electrons. The molecular weight excluding hydrogens is 450 g/mol. The molecule has 1 N–H and O–H groups in total. The van der Waals surface area contributed by atoms with Crippen LogP contribution >= 0.6 is 0 Å². The molecule has 1 saturated heterocycles. The Morgan fingerprint density at radius 1 is 0.944 bits per heavy atom. The highest BCUT2D eigenvalue weighted by molar-refractivity contribution is 5.98. The number of benzene rings is 2. The van der Waals surface area contributed by atoms with Crippen molar-refractivity contribution in [2.24, 2.45) is 0 Å². The van der Waals surface area contributed by atoms with Gasteiger partial charge in [-0.15, -0.1) is 0 Å². The molecule has 3 aromatic rings. The standard InChI is InChI=1S/C30H35N3O3/c1-2-36-26-17-11-9-15-22(26)29-28-23(21-14-8-10-16-24(21)31-28)18-25-30(35)32(19-27(34)33(25)29)20-12-6-4-3-5-7-13-20/h8-11,14-17,20,25,29,31H,2-7,12-13,18-19H2,1H3/t25-,29+/m0/s1. The first-order chi connectivity index (χ1) is 17.7. The van der Waals surface area contributed by atoms with Gasteiger partial charge in [-0.1, -0.05) is 68.5 Å². The van der Waals surface area contributed by atoms with E-state index in [1.165, 1.54) is 19.3 Å². The molecule has 36 heavy (non-hydrogen) atoms. The third kappa shape index (κ3) is 3.87. The fraction of sp³-hybridized carbons (Fsp3) is 0.467. The smallest absolute Gasteiger partial charge is 0.246 e. The number of aromatic nitrogens is 1. The molecule has 6 heteroatoms. The third-order valence-electron chi connectivity index (χ3n) is 8.32. The van der Waals surface area contributed by atoms with E-state index >= 15 is 0 Å². The Morgan fingerprint density at radius 2 is 1.67 bits per heavy atom. The number of aromatic amines is 1. The number of hydrogen-bond acceptors (Lipinski definition) is 3. The molecule has 2 aliphatic heterocycles. The van der Waals surface area contributed by atoms with Crippen LogP contribution in [-0.2, 0) is 16.0 Å². The van der Waals surface area contributed by atoms with E-state index in [9.17, 15) is 9.59 Å². The van der Waals surface area contributed by atoms with E-state index < -0.39 is 6.04 Å². The van der Waals surface area contributed by atoms with Gasteiger partial charge in [0.05, 0.1) is 6.61 Å². The number of para-hydroxylation sites is 2. The van der Waals surface area contributed by atoms with E-state index in [2.05, 4.69) is 17.1 Å². The number of hydrogen-bond donors (Lipinski definition) is 1. The normalized spacial score (nSPS) is 23.2. The lowest BCUT2D eigenvalue weighted by molar-refractivity contribution is -0.161. The first kappa shape index (κ1) is 23.1. The van der Waals surface area contributed by atoms with Gasteiger partial charge in [-0.2, -0.15) is 0 Å². The topological polar surface area (TPSA) is 65.6 Å². The van der Waals surface area contributed by atoms with Gasteiger partial charge in [0.25, 0.3) is 0 Å². The Labute approximate surface area is 212 Å². The van der Waals surface area contributed by atoms with Crippen molar-refractivity contribution in [2.45, 2.75) is 76.4 Å². The van der Waals surface area contributed by atoms with Crippen molar-refractivity contribution in [3.63, 3.8) is 0 Å². The van der Waals surface area contributed by atoms with Crippen LogP contribution in [0, 0.1) is 0 Å². The summed E-state index contributed by atoms with van der Waals surface area (Å²) in [6.07, 6.45) is 8.53. The van der Waals surface area contributed by atoms with Crippen LogP contribution in [0.5, 0.6) is 5.75 Å². The maximum Gasteiger partial charge on any atom is 0.246 e. The van der Waals surface area contributed by atoms with Crippen molar-refractivity contribution in [1.82, 2.24) is 14.8 Å². The summed E-state index contributed by atoms with van der Waals surface area (Å²) < 4.78 is 6.02. The van der Waals surface area contributed by atoms with Crippen molar-refractivity contribution >= 4 is 22.7 Å². The zero-order chi connectivity index (χ0) is 24.6. The van der Waals surface area contributed by atoms with Crippen LogP contribution in [0.1, 0.15) is 74.7 Å². The molecule has 3 aliphatic rings. The number of ether oxygens (including phenoxy) is 1. The maximum atomic E-state index is 14.1. The minimum absolute atomic E-state index is 0.0299. The van der Waals surface area contributed by atoms with Crippen molar-refractivity contribution in [3.05, 3.63) is 65.4 Å². The predicted molar refractivity (Wildman–Crippen MR) is 140 cm³/mol. The van der Waals surface area contributed by atoms with Gasteiger partial charge in [-0.05, 0) is 37.5 Å². The lowest BCUT2D eigenvalue weighted by Crippen LogP contribution is -2.64. The lowest BCUT2D eigenvalue weighted by Gasteiger charge is -2.49. The molecule has 3 heterocycles. The van der Waals surface area contributed by atoms with Crippen molar-refractivity contribution in [3.8, 4) is 5.75 Å². The highest BCUT2D eigenvalue weighted by Crippen LogP contribution is 2.45. The number of fused-ring (bicyclic) bond motifs is 4. The van der Waals surface area contributed by atoms with Crippen molar-refractivity contribution in [1.29, 1.82) is 0 Å². The van der Waals surface area contributed by atoms with Crippen molar-refractivity contribution in [2.75, 3.05) is 13.2 Å². The Hall–Kier alpha value is -3.28. The first-order valence-corrected chi connectivity index (χ1v) is 13.6.